The summed E-state index contributed by atoms with van der Waals surface area (Å²) in [5, 5.41) is 58.6. The third-order valence-electron chi connectivity index (χ3n) is 9.54. The van der Waals surface area contributed by atoms with E-state index in [0.717, 1.165) is 15.5 Å². The van der Waals surface area contributed by atoms with Crippen LogP contribution in [0.4, 0.5) is 11.4 Å². The SMILES string of the molecule is CO[C@H]1C(=O)O[C@@H]([C@H](O)/C=C/C(C)(C)C)[C@H]1O.COc1cccc2c1NC(=O)[C@@H](N)CS2.COc1cccc2c1NC(=O)[C@@H](NC(=O)[C@H](OC)[C@H](O)[C@@H](O)[C@H](O)/C=C/C(C)(C)C)CS2.Cl. The summed E-state index contributed by atoms with van der Waals surface area (Å²) in [6, 6.07) is 9.62. The Morgan fingerprint density at radius 1 is 0.815 bits per heavy atom. The van der Waals surface area contributed by atoms with Gasteiger partial charge >= 0.3 is 5.97 Å². The number of rotatable bonds is 12. The Morgan fingerprint density at radius 3 is 1.80 bits per heavy atom. The van der Waals surface area contributed by atoms with Crippen LogP contribution < -0.4 is 31.2 Å². The predicted octanol–water partition coefficient (Wildman–Crippen LogP) is 2.66. The van der Waals surface area contributed by atoms with Crippen LogP contribution in [-0.2, 0) is 33.4 Å². The normalized spacial score (nSPS) is 23.1. The third kappa shape index (κ3) is 16.7. The number of anilines is 2. The maximum atomic E-state index is 12.8. The molecule has 0 bridgehead atoms. The summed E-state index contributed by atoms with van der Waals surface area (Å²) < 4.78 is 25.2. The molecule has 0 spiro atoms. The lowest BCUT2D eigenvalue weighted by atomic mass is 9.94. The van der Waals surface area contributed by atoms with Crippen molar-refractivity contribution in [2.24, 2.45) is 16.6 Å². The van der Waals surface area contributed by atoms with Crippen LogP contribution >= 0.6 is 35.9 Å². The fourth-order valence-electron chi connectivity index (χ4n) is 6.01. The third-order valence-corrected chi connectivity index (χ3v) is 11.9. The number of carbonyl (C=O) groups excluding carboxylic acids is 4. The monoisotopic (exact) mass is 972 g/mol. The zero-order valence-electron chi connectivity index (χ0n) is 38.2. The molecule has 0 aliphatic carbocycles. The first-order valence-electron chi connectivity index (χ1n) is 20.3. The average molecular weight is 974 g/mol. The van der Waals surface area contributed by atoms with Crippen LogP contribution in [0.25, 0.3) is 0 Å². The quantitative estimate of drug-likeness (QED) is 0.109. The molecule has 10 atom stereocenters. The molecule has 0 saturated carbocycles. The van der Waals surface area contributed by atoms with Crippen molar-refractivity contribution in [2.45, 2.75) is 112 Å². The number of thioether (sulfide) groups is 2. The van der Waals surface area contributed by atoms with Crippen molar-refractivity contribution < 1.29 is 68.4 Å². The number of carbonyl (C=O) groups is 4. The summed E-state index contributed by atoms with van der Waals surface area (Å²) in [4.78, 5) is 50.1. The summed E-state index contributed by atoms with van der Waals surface area (Å²) in [6.07, 6.45) is -4.09. The number of cyclic esters (lactones) is 1. The second-order valence-electron chi connectivity index (χ2n) is 17.1. The highest BCUT2D eigenvalue weighted by Gasteiger charge is 2.47. The van der Waals surface area contributed by atoms with Gasteiger partial charge in [0.25, 0.3) is 5.91 Å². The number of para-hydroxylation sites is 2. The number of fused-ring (bicyclic) bond motifs is 2. The number of methoxy groups -OCH3 is 4. The molecule has 1 saturated heterocycles. The van der Waals surface area contributed by atoms with Crippen molar-refractivity contribution in [3.8, 4) is 11.5 Å². The first-order valence-corrected chi connectivity index (χ1v) is 22.3. The fourth-order valence-corrected chi connectivity index (χ4v) is 8.04. The second kappa shape index (κ2) is 25.8. The van der Waals surface area contributed by atoms with Crippen LogP contribution in [0.2, 0.25) is 0 Å². The number of nitrogens with one attached hydrogen (secondary N) is 3. The molecule has 3 heterocycles. The van der Waals surface area contributed by atoms with Crippen LogP contribution in [0.5, 0.6) is 11.5 Å². The maximum absolute atomic E-state index is 12.8. The van der Waals surface area contributed by atoms with Crippen molar-refractivity contribution in [1.82, 2.24) is 5.32 Å². The molecule has 0 radical (unpaired) electrons. The van der Waals surface area contributed by atoms with Gasteiger partial charge in [0.15, 0.2) is 18.3 Å². The Balaban J connectivity index is 0.000000368. The van der Waals surface area contributed by atoms with E-state index >= 15 is 0 Å². The zero-order chi connectivity index (χ0) is 48.1. The molecule has 3 amide bonds. The van der Waals surface area contributed by atoms with Crippen molar-refractivity contribution in [3.05, 3.63) is 60.7 Å². The Bertz CT molecular complexity index is 1960. The van der Waals surface area contributed by atoms with Gasteiger partial charge in [0, 0.05) is 35.5 Å². The van der Waals surface area contributed by atoms with Gasteiger partial charge in [-0.05, 0) is 35.1 Å². The first kappa shape index (κ1) is 57.2. The Morgan fingerprint density at radius 2 is 1.32 bits per heavy atom. The average Bonchev–Trinajstić information content (AvgIpc) is 3.33. The molecule has 3 aliphatic rings. The molecule has 65 heavy (non-hydrogen) atoms. The highest BCUT2D eigenvalue weighted by atomic mass is 35.5. The molecular weight excluding hydrogens is 908 g/mol. The smallest absolute Gasteiger partial charge is 0.338 e. The van der Waals surface area contributed by atoms with Crippen molar-refractivity contribution >= 4 is 71.0 Å². The Labute approximate surface area is 394 Å². The topological polar surface area (TPSA) is 278 Å². The van der Waals surface area contributed by atoms with Gasteiger partial charge in [0.2, 0.25) is 11.8 Å². The molecule has 21 heteroatoms. The number of hydrogen-bond donors (Lipinski definition) is 9. The summed E-state index contributed by atoms with van der Waals surface area (Å²) in [5.74, 6) is -0.0466. The van der Waals surface area contributed by atoms with Crippen molar-refractivity contribution in [3.63, 3.8) is 0 Å². The highest BCUT2D eigenvalue weighted by molar-refractivity contribution is 7.99. The van der Waals surface area contributed by atoms with E-state index in [1.165, 1.54) is 45.2 Å². The van der Waals surface area contributed by atoms with Gasteiger partial charge in [-0.2, -0.15) is 0 Å². The van der Waals surface area contributed by atoms with Gasteiger partial charge in [-0.1, -0.05) is 78.0 Å². The fraction of sp³-hybridized carbons (Fsp3) is 0.545. The molecule has 0 unspecified atom stereocenters. The van der Waals surface area contributed by atoms with Crippen LogP contribution in [-0.4, -0.2) is 150 Å². The number of aliphatic hydroxyl groups is 5. The highest BCUT2D eigenvalue weighted by Crippen LogP contribution is 2.38. The van der Waals surface area contributed by atoms with Crippen LogP contribution in [0.15, 0.2) is 70.5 Å². The lowest BCUT2D eigenvalue weighted by Crippen LogP contribution is -2.55. The number of ether oxygens (including phenoxy) is 5. The van der Waals surface area contributed by atoms with E-state index in [4.69, 9.17) is 29.4 Å². The minimum absolute atomic E-state index is 0. The molecule has 2 aromatic rings. The predicted molar refractivity (Wildman–Crippen MR) is 251 cm³/mol. The molecule has 10 N–H and O–H groups in total. The van der Waals surface area contributed by atoms with E-state index < -0.39 is 78.7 Å². The number of esters is 1. The summed E-state index contributed by atoms with van der Waals surface area (Å²) in [5.41, 5.74) is 6.59. The number of hydrogen-bond acceptors (Lipinski definition) is 17. The molecule has 0 aromatic heterocycles. The van der Waals surface area contributed by atoms with E-state index in [-0.39, 0.29) is 34.9 Å². The molecule has 1 fully saturated rings. The molecule has 2 aromatic carbocycles. The van der Waals surface area contributed by atoms with Crippen molar-refractivity contribution in [2.75, 3.05) is 50.6 Å². The molecule has 5 rings (SSSR count). The minimum atomic E-state index is -1.72. The lowest BCUT2D eigenvalue weighted by Gasteiger charge is -2.28. The summed E-state index contributed by atoms with van der Waals surface area (Å²) in [7, 11) is 5.59. The zero-order valence-corrected chi connectivity index (χ0v) is 40.6. The van der Waals surface area contributed by atoms with Gasteiger partial charge in [0.1, 0.15) is 48.1 Å². The molecular formula is C44H65ClN4O14S2. The van der Waals surface area contributed by atoms with E-state index in [1.807, 2.05) is 65.8 Å². The second-order valence-corrected chi connectivity index (χ2v) is 19.2. The van der Waals surface area contributed by atoms with Crippen LogP contribution in [0.3, 0.4) is 0 Å². The van der Waals surface area contributed by atoms with Gasteiger partial charge in [-0.25, -0.2) is 4.79 Å². The first-order chi connectivity index (χ1) is 30.0. The van der Waals surface area contributed by atoms with Crippen LogP contribution in [0.1, 0.15) is 41.5 Å². The lowest BCUT2D eigenvalue weighted by molar-refractivity contribution is -0.151. The number of amides is 3. The summed E-state index contributed by atoms with van der Waals surface area (Å²) in [6.45, 7) is 11.7. The molecule has 18 nitrogen and oxygen atoms in total. The maximum Gasteiger partial charge on any atom is 0.338 e. The largest absolute Gasteiger partial charge is 0.495 e. The summed E-state index contributed by atoms with van der Waals surface area (Å²) >= 11 is 2.92. The van der Waals surface area contributed by atoms with E-state index in [0.29, 0.717) is 22.9 Å². The van der Waals surface area contributed by atoms with Crippen molar-refractivity contribution in [1.29, 1.82) is 0 Å². The van der Waals surface area contributed by atoms with Gasteiger partial charge in [0.05, 0.1) is 31.6 Å². The van der Waals surface area contributed by atoms with Gasteiger partial charge in [-0.3, -0.25) is 14.4 Å². The number of nitrogens with two attached hydrogens (primary N) is 1. The Kier molecular flexibility index (Phi) is 22.7. The molecule has 364 valence electrons. The Hall–Kier alpha value is -3.93. The molecule has 3 aliphatic heterocycles. The minimum Gasteiger partial charge on any atom is -0.495 e. The number of halogens is 1. The van der Waals surface area contributed by atoms with E-state index in [9.17, 15) is 44.7 Å². The number of benzene rings is 2. The number of allylic oxidation sites excluding steroid dienone is 2. The van der Waals surface area contributed by atoms with E-state index in [1.54, 1.807) is 43.2 Å². The van der Waals surface area contributed by atoms with Gasteiger partial charge in [-0.15, -0.1) is 35.9 Å². The van der Waals surface area contributed by atoms with Gasteiger partial charge < -0.3 is 70.9 Å². The van der Waals surface area contributed by atoms with Crippen LogP contribution in [0, 0.1) is 10.8 Å². The standard InChI is InChI=1S/C22H32N2O7S.C12H20O5.C10H12N2O2S.ClH/c1-22(2,3)10-9-13(25)17(26)18(27)19(31-5)21(29)23-12-11-32-15-8-6-7-14(30-4)16(15)24-20(12)28;1-12(2,3)6-5-7(13)9-8(14)10(16-4)11(15)17-9;1-14-7-3-2-4-8-9(7)12-10(13)6(11)5-15-8;/h6-10,12-13,17-19,25-27H,11H2,1-5H3,(H,23,29)(H,24,28);5-10,13-14H,1-4H3;2-4,6H,5,11H2,1H3,(H,12,13);1H/b10-9+;6-5+;;/t12-,13+,17-,18+,19+;7-,8-,9+,10-;6-;/m010./s1. The number of aliphatic hydroxyl groups excluding tert-OH is 5. The van der Waals surface area contributed by atoms with E-state index in [2.05, 4.69) is 16.0 Å².